The van der Waals surface area contributed by atoms with Gasteiger partial charge >= 0.3 is 12.0 Å². The second-order valence-electron chi connectivity index (χ2n) is 4.95. The minimum atomic E-state index is -0.946. The Balaban J connectivity index is 2.39. The first-order valence-corrected chi connectivity index (χ1v) is 6.25. The Morgan fingerprint density at radius 1 is 1.29 bits per heavy atom. The van der Waals surface area contributed by atoms with E-state index < -0.39 is 12.0 Å². The van der Waals surface area contributed by atoms with Crippen LogP contribution in [0.15, 0.2) is 0 Å². The van der Waals surface area contributed by atoms with Crippen molar-refractivity contribution in [1.29, 1.82) is 0 Å². The third kappa shape index (κ3) is 4.24. The predicted molar refractivity (Wildman–Crippen MR) is 64.7 cm³/mol. The van der Waals surface area contributed by atoms with Crippen molar-refractivity contribution in [2.75, 3.05) is 0 Å². The van der Waals surface area contributed by atoms with E-state index in [1.165, 1.54) is 0 Å². The number of hydrogen-bond donors (Lipinski definition) is 3. The monoisotopic (exact) mass is 242 g/mol. The zero-order valence-corrected chi connectivity index (χ0v) is 10.7. The zero-order chi connectivity index (χ0) is 13.0. The van der Waals surface area contributed by atoms with E-state index in [0.717, 1.165) is 19.3 Å². The molecule has 0 aromatic carbocycles. The molecule has 2 amide bonds. The highest BCUT2D eigenvalue weighted by molar-refractivity contribution is 5.83. The van der Waals surface area contributed by atoms with Gasteiger partial charge in [0.2, 0.25) is 0 Å². The third-order valence-electron chi connectivity index (χ3n) is 3.50. The number of carbonyl (C=O) groups excluding carboxylic acids is 1. The van der Waals surface area contributed by atoms with E-state index in [4.69, 9.17) is 5.11 Å². The molecule has 1 aliphatic rings. The number of urea groups is 1. The number of carboxylic acid groups (broad SMARTS) is 1. The summed E-state index contributed by atoms with van der Waals surface area (Å²) in [5.41, 5.74) is 0. The van der Waals surface area contributed by atoms with Gasteiger partial charge in [0.15, 0.2) is 0 Å². The number of carbonyl (C=O) groups is 2. The topological polar surface area (TPSA) is 78.4 Å². The molecule has 3 unspecified atom stereocenters. The van der Waals surface area contributed by atoms with Crippen molar-refractivity contribution in [3.05, 3.63) is 0 Å². The number of aliphatic carboxylic acids is 1. The van der Waals surface area contributed by atoms with Crippen molar-refractivity contribution in [2.24, 2.45) is 11.8 Å². The molecule has 3 N–H and O–H groups in total. The van der Waals surface area contributed by atoms with E-state index in [9.17, 15) is 9.59 Å². The smallest absolute Gasteiger partial charge is 0.326 e. The number of amides is 2. The first-order chi connectivity index (χ1) is 7.95. The lowest BCUT2D eigenvalue weighted by Crippen LogP contribution is -2.50. The molecule has 0 radical (unpaired) electrons. The van der Waals surface area contributed by atoms with Crippen molar-refractivity contribution >= 4 is 12.0 Å². The Morgan fingerprint density at radius 2 is 1.88 bits per heavy atom. The number of carboxylic acids is 1. The van der Waals surface area contributed by atoms with Crippen molar-refractivity contribution in [2.45, 2.75) is 52.1 Å². The average Bonchev–Trinajstić information content (AvgIpc) is 3.07. The molecule has 5 nitrogen and oxygen atoms in total. The van der Waals surface area contributed by atoms with Gasteiger partial charge in [-0.1, -0.05) is 20.3 Å². The fourth-order valence-electron chi connectivity index (χ4n) is 1.70. The molecular weight excluding hydrogens is 220 g/mol. The molecule has 5 heteroatoms. The van der Waals surface area contributed by atoms with E-state index in [1.54, 1.807) is 0 Å². The summed E-state index contributed by atoms with van der Waals surface area (Å²) < 4.78 is 0. The van der Waals surface area contributed by atoms with Crippen LogP contribution in [0.25, 0.3) is 0 Å². The van der Waals surface area contributed by atoms with Crippen LogP contribution in [-0.2, 0) is 4.79 Å². The van der Waals surface area contributed by atoms with E-state index in [0.29, 0.717) is 5.92 Å². The molecule has 98 valence electrons. The summed E-state index contributed by atoms with van der Waals surface area (Å²) in [5.74, 6) is -0.457. The van der Waals surface area contributed by atoms with Gasteiger partial charge in [0.05, 0.1) is 0 Å². The van der Waals surface area contributed by atoms with Crippen LogP contribution in [0.4, 0.5) is 4.79 Å². The van der Waals surface area contributed by atoms with Gasteiger partial charge in [-0.2, -0.15) is 0 Å². The molecule has 0 heterocycles. The van der Waals surface area contributed by atoms with Gasteiger partial charge in [-0.3, -0.25) is 0 Å². The standard InChI is InChI=1S/C12H22N2O3/c1-4-7(2)8(3)13-12(17)14-10(11(15)16)9-5-6-9/h7-10H,4-6H2,1-3H3,(H,15,16)(H2,13,14,17). The van der Waals surface area contributed by atoms with Crippen molar-refractivity contribution < 1.29 is 14.7 Å². The normalized spacial score (nSPS) is 20.2. The Labute approximate surface area is 102 Å². The molecule has 0 spiro atoms. The van der Waals surface area contributed by atoms with Crippen LogP contribution in [-0.4, -0.2) is 29.2 Å². The van der Waals surface area contributed by atoms with Crippen molar-refractivity contribution in [1.82, 2.24) is 10.6 Å². The molecule has 1 fully saturated rings. The molecule has 1 rings (SSSR count). The summed E-state index contributed by atoms with van der Waals surface area (Å²) >= 11 is 0. The van der Waals surface area contributed by atoms with Crippen LogP contribution in [0.3, 0.4) is 0 Å². The highest BCUT2D eigenvalue weighted by Gasteiger charge is 2.37. The largest absolute Gasteiger partial charge is 0.480 e. The van der Waals surface area contributed by atoms with Gasteiger partial charge in [-0.05, 0) is 31.6 Å². The van der Waals surface area contributed by atoms with Gasteiger partial charge < -0.3 is 15.7 Å². The lowest BCUT2D eigenvalue weighted by molar-refractivity contribution is -0.139. The maximum Gasteiger partial charge on any atom is 0.326 e. The van der Waals surface area contributed by atoms with Crippen LogP contribution in [0, 0.1) is 11.8 Å². The molecule has 0 saturated heterocycles. The summed E-state index contributed by atoms with van der Waals surface area (Å²) in [6.45, 7) is 6.05. The number of hydrogen-bond acceptors (Lipinski definition) is 2. The number of nitrogens with one attached hydrogen (secondary N) is 2. The fourth-order valence-corrected chi connectivity index (χ4v) is 1.70. The second kappa shape index (κ2) is 5.89. The SMILES string of the molecule is CCC(C)C(C)NC(=O)NC(C(=O)O)C1CC1. The molecular formula is C12H22N2O3. The van der Waals surface area contributed by atoms with Gasteiger partial charge in [0, 0.05) is 6.04 Å². The van der Waals surface area contributed by atoms with Crippen LogP contribution < -0.4 is 10.6 Å². The molecule has 0 aromatic heterocycles. The first kappa shape index (κ1) is 13.8. The van der Waals surface area contributed by atoms with Crippen molar-refractivity contribution in [3.63, 3.8) is 0 Å². The van der Waals surface area contributed by atoms with Crippen LogP contribution in [0.1, 0.15) is 40.0 Å². The first-order valence-electron chi connectivity index (χ1n) is 6.25. The maximum atomic E-state index is 11.6. The Hall–Kier alpha value is -1.26. The van der Waals surface area contributed by atoms with E-state index in [-0.39, 0.29) is 18.0 Å². The summed E-state index contributed by atoms with van der Waals surface area (Å²) in [6.07, 6.45) is 2.75. The minimum Gasteiger partial charge on any atom is -0.480 e. The van der Waals surface area contributed by atoms with Gasteiger partial charge in [0.25, 0.3) is 0 Å². The number of rotatable bonds is 6. The molecule has 1 aliphatic carbocycles. The Morgan fingerprint density at radius 3 is 2.29 bits per heavy atom. The molecule has 0 aliphatic heterocycles. The molecule has 3 atom stereocenters. The zero-order valence-electron chi connectivity index (χ0n) is 10.7. The third-order valence-corrected chi connectivity index (χ3v) is 3.50. The maximum absolute atomic E-state index is 11.6. The minimum absolute atomic E-state index is 0.0497. The molecule has 0 aromatic rings. The summed E-state index contributed by atoms with van der Waals surface area (Å²) in [6, 6.07) is -1.06. The molecule has 1 saturated carbocycles. The lowest BCUT2D eigenvalue weighted by Gasteiger charge is -2.21. The van der Waals surface area contributed by atoms with Crippen LogP contribution in [0.5, 0.6) is 0 Å². The average molecular weight is 242 g/mol. The highest BCUT2D eigenvalue weighted by Crippen LogP contribution is 2.32. The van der Waals surface area contributed by atoms with Crippen LogP contribution >= 0.6 is 0 Å². The van der Waals surface area contributed by atoms with Crippen molar-refractivity contribution in [3.8, 4) is 0 Å². The molecule has 17 heavy (non-hydrogen) atoms. The summed E-state index contributed by atoms with van der Waals surface area (Å²) in [7, 11) is 0. The highest BCUT2D eigenvalue weighted by atomic mass is 16.4. The second-order valence-corrected chi connectivity index (χ2v) is 4.95. The van der Waals surface area contributed by atoms with Gasteiger partial charge in [-0.15, -0.1) is 0 Å². The fraction of sp³-hybridized carbons (Fsp3) is 0.833. The van der Waals surface area contributed by atoms with Gasteiger partial charge in [-0.25, -0.2) is 9.59 Å². The lowest BCUT2D eigenvalue weighted by atomic mass is 10.0. The Bertz CT molecular complexity index is 289. The Kier molecular flexibility index (Phi) is 4.78. The summed E-state index contributed by atoms with van der Waals surface area (Å²) in [4.78, 5) is 22.6. The summed E-state index contributed by atoms with van der Waals surface area (Å²) in [5, 5.41) is 14.3. The van der Waals surface area contributed by atoms with Gasteiger partial charge in [0.1, 0.15) is 6.04 Å². The van der Waals surface area contributed by atoms with E-state index in [2.05, 4.69) is 24.5 Å². The molecule has 0 bridgehead atoms. The van der Waals surface area contributed by atoms with E-state index >= 15 is 0 Å². The predicted octanol–water partition coefficient (Wildman–Crippen LogP) is 1.58. The van der Waals surface area contributed by atoms with E-state index in [1.807, 2.05) is 6.92 Å². The quantitative estimate of drug-likeness (QED) is 0.661. The van der Waals surface area contributed by atoms with Crippen LogP contribution in [0.2, 0.25) is 0 Å².